The lowest BCUT2D eigenvalue weighted by Crippen LogP contribution is -2.55. The Balaban J connectivity index is 4.88. The minimum atomic E-state index is -5.15. The molecule has 0 bridgehead atoms. The van der Waals surface area contributed by atoms with Gasteiger partial charge in [0, 0.05) is 6.92 Å². The van der Waals surface area contributed by atoms with E-state index in [0.29, 0.717) is 0 Å². The Morgan fingerprint density at radius 1 is 0.950 bits per heavy atom. The average Bonchev–Trinajstić information content (AvgIpc) is 2.32. The quantitative estimate of drug-likeness (QED) is 0.233. The zero-order valence-electron chi connectivity index (χ0n) is 10.1. The van der Waals surface area contributed by atoms with Gasteiger partial charge in [-0.2, -0.15) is 8.42 Å². The molecular weight excluding hydrogens is 302 g/mol. The number of hydrogen-bond acceptors (Lipinski definition) is 9. The van der Waals surface area contributed by atoms with Crippen LogP contribution >= 0.6 is 0 Å². The number of amides is 2. The van der Waals surface area contributed by atoms with Crippen LogP contribution in [-0.4, -0.2) is 80.2 Å². The van der Waals surface area contributed by atoms with E-state index in [1.807, 2.05) is 0 Å². The number of imide groups is 1. The van der Waals surface area contributed by atoms with E-state index in [1.54, 1.807) is 5.32 Å². The van der Waals surface area contributed by atoms with Crippen molar-refractivity contribution in [2.75, 3.05) is 0 Å². The molecule has 5 atom stereocenters. The van der Waals surface area contributed by atoms with Crippen LogP contribution in [-0.2, 0) is 19.7 Å². The fourth-order valence-corrected chi connectivity index (χ4v) is 1.65. The lowest BCUT2D eigenvalue weighted by molar-refractivity contribution is -0.152. The van der Waals surface area contributed by atoms with Gasteiger partial charge in [-0.15, -0.1) is 0 Å². The fourth-order valence-electron chi connectivity index (χ4n) is 1.14. The highest BCUT2D eigenvalue weighted by molar-refractivity contribution is 7.86. The van der Waals surface area contributed by atoms with Gasteiger partial charge in [-0.1, -0.05) is 0 Å². The van der Waals surface area contributed by atoms with Gasteiger partial charge in [-0.05, 0) is 0 Å². The molecule has 0 aliphatic rings. The summed E-state index contributed by atoms with van der Waals surface area (Å²) in [6.45, 7) is 0.921. The van der Waals surface area contributed by atoms with Gasteiger partial charge in [0.2, 0.25) is 11.3 Å². The summed E-state index contributed by atoms with van der Waals surface area (Å²) in [6.07, 6.45) is -9.93. The second kappa shape index (κ2) is 7.03. The Labute approximate surface area is 113 Å². The summed E-state index contributed by atoms with van der Waals surface area (Å²) in [4.78, 5) is 21.7. The second-order valence-electron chi connectivity index (χ2n) is 3.87. The maximum Gasteiger partial charge on any atom is 0.294 e. The lowest BCUT2D eigenvalue weighted by Gasteiger charge is -2.27. The van der Waals surface area contributed by atoms with Crippen molar-refractivity contribution in [3.63, 3.8) is 0 Å². The lowest BCUT2D eigenvalue weighted by atomic mass is 10.0. The van der Waals surface area contributed by atoms with Gasteiger partial charge >= 0.3 is 0 Å². The van der Waals surface area contributed by atoms with E-state index in [-0.39, 0.29) is 0 Å². The van der Waals surface area contributed by atoms with Crippen LogP contribution in [0.15, 0.2) is 0 Å². The first-order chi connectivity index (χ1) is 8.89. The Morgan fingerprint density at radius 2 is 1.40 bits per heavy atom. The molecule has 1 unspecified atom stereocenters. The Kier molecular flexibility index (Phi) is 6.63. The van der Waals surface area contributed by atoms with Crippen LogP contribution in [0, 0.1) is 0 Å². The summed E-state index contributed by atoms with van der Waals surface area (Å²) >= 11 is 0. The summed E-state index contributed by atoms with van der Waals surface area (Å²) in [5.74, 6) is -2.30. The number of rotatable bonds is 6. The molecule has 0 aromatic heterocycles. The molecule has 0 saturated carbocycles. The molecule has 118 valence electrons. The third-order valence-corrected chi connectivity index (χ3v) is 3.08. The third-order valence-electron chi connectivity index (χ3n) is 2.19. The van der Waals surface area contributed by atoms with Gasteiger partial charge in [0.1, 0.15) is 18.3 Å². The average molecular weight is 317 g/mol. The summed E-state index contributed by atoms with van der Waals surface area (Å²) in [5.41, 5.74) is -2.87. The van der Waals surface area contributed by atoms with Crippen LogP contribution < -0.4 is 5.32 Å². The highest BCUT2D eigenvalue weighted by Gasteiger charge is 2.41. The summed E-state index contributed by atoms with van der Waals surface area (Å²) in [5, 5.41) is 47.6. The van der Waals surface area contributed by atoms with Crippen LogP contribution in [0.1, 0.15) is 6.92 Å². The van der Waals surface area contributed by atoms with E-state index in [4.69, 9.17) is 9.66 Å². The smallest absolute Gasteiger partial charge is 0.294 e. The number of aliphatic hydroxyl groups excluding tert-OH is 5. The molecule has 0 aromatic rings. The zero-order valence-corrected chi connectivity index (χ0v) is 10.9. The molecule has 2 amide bonds. The maximum atomic E-state index is 11.1. The Hall–Kier alpha value is -1.15. The van der Waals surface area contributed by atoms with Gasteiger partial charge in [-0.25, -0.2) is 0 Å². The largest absolute Gasteiger partial charge is 0.387 e. The van der Waals surface area contributed by atoms with Crippen molar-refractivity contribution in [1.82, 2.24) is 5.32 Å². The van der Waals surface area contributed by atoms with Gasteiger partial charge < -0.3 is 25.5 Å². The van der Waals surface area contributed by atoms with Crippen molar-refractivity contribution in [1.29, 1.82) is 0 Å². The fraction of sp³-hybridized carbons (Fsp3) is 0.750. The third kappa shape index (κ3) is 5.09. The number of carbonyl (C=O) groups is 2. The van der Waals surface area contributed by atoms with E-state index in [1.165, 1.54) is 0 Å². The van der Waals surface area contributed by atoms with Crippen molar-refractivity contribution in [3.05, 3.63) is 0 Å². The molecule has 12 heteroatoms. The number of aliphatic hydroxyl groups is 5. The Morgan fingerprint density at radius 3 is 1.75 bits per heavy atom. The molecule has 11 nitrogen and oxygen atoms in total. The second-order valence-corrected chi connectivity index (χ2v) is 5.38. The highest BCUT2D eigenvalue weighted by atomic mass is 32.2. The summed E-state index contributed by atoms with van der Waals surface area (Å²) in [7, 11) is -5.15. The highest BCUT2D eigenvalue weighted by Crippen LogP contribution is 2.12. The van der Waals surface area contributed by atoms with Crippen LogP contribution in [0.5, 0.6) is 0 Å². The van der Waals surface area contributed by atoms with E-state index in [2.05, 4.69) is 0 Å². The summed E-state index contributed by atoms with van der Waals surface area (Å²) < 4.78 is 29.5. The standard InChI is InChI=1S/C8H15NO10S/c1-2(10)9-7(15)5(13)3(11)4(12)6(14)8(16)20(17,18)19/h3-6,8,11-14,16H,1H3,(H,9,10,15)(H,17,18,19)/t3-,4-,5+,6-,8?/m0/s1. The number of hydrogen-bond donors (Lipinski definition) is 7. The van der Waals surface area contributed by atoms with Crippen molar-refractivity contribution < 1.29 is 48.1 Å². The number of carbonyl (C=O) groups excluding carboxylic acids is 2. The maximum absolute atomic E-state index is 11.1. The molecule has 0 spiro atoms. The van der Waals surface area contributed by atoms with Gasteiger partial charge in [0.05, 0.1) is 0 Å². The van der Waals surface area contributed by atoms with E-state index >= 15 is 0 Å². The molecule has 7 N–H and O–H groups in total. The molecule has 0 heterocycles. The predicted molar refractivity (Wildman–Crippen MR) is 60.4 cm³/mol. The van der Waals surface area contributed by atoms with Crippen molar-refractivity contribution in [3.8, 4) is 0 Å². The van der Waals surface area contributed by atoms with E-state index in [9.17, 15) is 38.4 Å². The SMILES string of the molecule is CC(=O)NC(=O)[C@H](O)[C@@H](O)[C@H](O)[C@H](O)C(O)S(=O)(=O)O. The molecule has 0 aliphatic heterocycles. The van der Waals surface area contributed by atoms with Crippen molar-refractivity contribution >= 4 is 21.9 Å². The molecule has 0 saturated heterocycles. The van der Waals surface area contributed by atoms with Crippen molar-refractivity contribution in [2.24, 2.45) is 0 Å². The van der Waals surface area contributed by atoms with Gasteiger partial charge in [0.25, 0.3) is 16.0 Å². The van der Waals surface area contributed by atoms with Gasteiger partial charge in [-0.3, -0.25) is 19.5 Å². The molecule has 0 fully saturated rings. The molecule has 20 heavy (non-hydrogen) atoms. The predicted octanol–water partition coefficient (Wildman–Crippen LogP) is -4.70. The van der Waals surface area contributed by atoms with Crippen LogP contribution in [0.4, 0.5) is 0 Å². The monoisotopic (exact) mass is 317 g/mol. The van der Waals surface area contributed by atoms with E-state index in [0.717, 1.165) is 6.92 Å². The zero-order chi connectivity index (χ0) is 16.2. The molecular formula is C8H15NO10S. The summed E-state index contributed by atoms with van der Waals surface area (Å²) in [6, 6.07) is 0. The first kappa shape index (κ1) is 18.9. The van der Waals surface area contributed by atoms with Crippen molar-refractivity contribution in [2.45, 2.75) is 36.8 Å². The van der Waals surface area contributed by atoms with Crippen LogP contribution in [0.3, 0.4) is 0 Å². The normalized spacial score (nSPS) is 19.6. The first-order valence-corrected chi connectivity index (χ1v) is 6.58. The van der Waals surface area contributed by atoms with Crippen LogP contribution in [0.2, 0.25) is 0 Å². The Bertz CT molecular complexity index is 462. The van der Waals surface area contributed by atoms with Crippen LogP contribution in [0.25, 0.3) is 0 Å². The molecule has 0 aromatic carbocycles. The number of nitrogens with one attached hydrogen (secondary N) is 1. The first-order valence-electron chi connectivity index (χ1n) is 5.07. The minimum Gasteiger partial charge on any atom is -0.387 e. The van der Waals surface area contributed by atoms with Gasteiger partial charge in [0.15, 0.2) is 6.10 Å². The molecule has 0 radical (unpaired) electrons. The topological polar surface area (TPSA) is 202 Å². The minimum absolute atomic E-state index is 0.880. The molecule has 0 aliphatic carbocycles. The van der Waals surface area contributed by atoms with E-state index < -0.39 is 51.8 Å². The molecule has 0 rings (SSSR count).